The molecule has 1 saturated heterocycles. The zero-order chi connectivity index (χ0) is 23.4. The van der Waals surface area contributed by atoms with E-state index in [2.05, 4.69) is 10.3 Å². The number of nitrogens with one attached hydrogen (secondary N) is 1. The second-order valence-electron chi connectivity index (χ2n) is 8.17. The fourth-order valence-corrected chi connectivity index (χ4v) is 4.06. The van der Waals surface area contributed by atoms with Gasteiger partial charge >= 0.3 is 6.03 Å². The Kier molecular flexibility index (Phi) is 6.67. The fourth-order valence-electron chi connectivity index (χ4n) is 4.06. The van der Waals surface area contributed by atoms with Gasteiger partial charge in [0, 0.05) is 57.3 Å². The second-order valence-corrected chi connectivity index (χ2v) is 8.17. The van der Waals surface area contributed by atoms with Crippen LogP contribution in [0.3, 0.4) is 0 Å². The predicted molar refractivity (Wildman–Crippen MR) is 122 cm³/mol. The van der Waals surface area contributed by atoms with E-state index in [1.807, 2.05) is 18.2 Å². The molecular formula is C24H27FN6O2. The van der Waals surface area contributed by atoms with Crippen molar-refractivity contribution in [3.63, 3.8) is 0 Å². The summed E-state index contributed by atoms with van der Waals surface area (Å²) in [5, 5.41) is 7.31. The molecule has 0 bridgehead atoms. The number of amides is 3. The van der Waals surface area contributed by atoms with Crippen LogP contribution in [-0.2, 0) is 17.8 Å². The summed E-state index contributed by atoms with van der Waals surface area (Å²) in [6, 6.07) is 11.9. The Morgan fingerprint density at radius 2 is 1.91 bits per heavy atom. The maximum Gasteiger partial charge on any atom is 0.317 e. The third-order valence-electron chi connectivity index (χ3n) is 6.02. The maximum absolute atomic E-state index is 13.3. The SMILES string of the molecule is CNC(=O)N(C)C1CCN(C(=O)Cn2nc(-c3ccncc3)cc2Cc2ccc(F)cc2)C1. The van der Waals surface area contributed by atoms with Crippen LogP contribution in [0.2, 0.25) is 0 Å². The Morgan fingerprint density at radius 1 is 1.18 bits per heavy atom. The minimum atomic E-state index is -0.287. The molecule has 1 aliphatic heterocycles. The van der Waals surface area contributed by atoms with Crippen molar-refractivity contribution in [1.29, 1.82) is 0 Å². The number of urea groups is 1. The van der Waals surface area contributed by atoms with Gasteiger partial charge in [-0.2, -0.15) is 5.10 Å². The zero-order valence-corrected chi connectivity index (χ0v) is 18.7. The second kappa shape index (κ2) is 9.81. The third kappa shape index (κ3) is 5.19. The van der Waals surface area contributed by atoms with Crippen molar-refractivity contribution in [3.05, 3.63) is 71.9 Å². The third-order valence-corrected chi connectivity index (χ3v) is 6.02. The molecule has 8 nitrogen and oxygen atoms in total. The van der Waals surface area contributed by atoms with Gasteiger partial charge in [0.05, 0.1) is 11.7 Å². The Bertz CT molecular complexity index is 1120. The average Bonchev–Trinajstić information content (AvgIpc) is 3.48. The van der Waals surface area contributed by atoms with E-state index in [0.717, 1.165) is 28.9 Å². The quantitative estimate of drug-likeness (QED) is 0.626. The standard InChI is InChI=1S/C24H27FN6O2/c1-26-24(33)29(2)20-9-12-30(15-20)23(32)16-31-21(13-17-3-5-19(25)6-4-17)14-22(28-31)18-7-10-27-11-8-18/h3-8,10-11,14,20H,9,12-13,15-16H2,1-2H3,(H,26,33). The Labute approximate surface area is 192 Å². The topological polar surface area (TPSA) is 83.4 Å². The van der Waals surface area contributed by atoms with Gasteiger partial charge in [-0.1, -0.05) is 12.1 Å². The van der Waals surface area contributed by atoms with Crippen LogP contribution in [0, 0.1) is 5.82 Å². The summed E-state index contributed by atoms with van der Waals surface area (Å²) in [5.74, 6) is -0.335. The largest absolute Gasteiger partial charge is 0.341 e. The average molecular weight is 451 g/mol. The number of hydrogen-bond donors (Lipinski definition) is 1. The lowest BCUT2D eigenvalue weighted by Crippen LogP contribution is -2.44. The molecule has 9 heteroatoms. The minimum Gasteiger partial charge on any atom is -0.341 e. The van der Waals surface area contributed by atoms with Gasteiger partial charge in [0.2, 0.25) is 5.91 Å². The van der Waals surface area contributed by atoms with Gasteiger partial charge in [0.25, 0.3) is 0 Å². The lowest BCUT2D eigenvalue weighted by molar-refractivity contribution is -0.131. The van der Waals surface area contributed by atoms with Crippen LogP contribution in [-0.4, -0.2) is 69.7 Å². The molecule has 4 rings (SSSR count). The number of halogens is 1. The van der Waals surface area contributed by atoms with Crippen molar-refractivity contribution in [3.8, 4) is 11.3 Å². The van der Waals surface area contributed by atoms with Crippen LogP contribution in [0.1, 0.15) is 17.7 Å². The van der Waals surface area contributed by atoms with Crippen molar-refractivity contribution in [2.24, 2.45) is 0 Å². The molecule has 1 unspecified atom stereocenters. The number of benzene rings is 1. The zero-order valence-electron chi connectivity index (χ0n) is 18.7. The van der Waals surface area contributed by atoms with Crippen molar-refractivity contribution in [1.82, 2.24) is 29.9 Å². The number of aromatic nitrogens is 3. The van der Waals surface area contributed by atoms with Crippen molar-refractivity contribution in [2.45, 2.75) is 25.4 Å². The van der Waals surface area contributed by atoms with E-state index in [0.29, 0.717) is 19.5 Å². The van der Waals surface area contributed by atoms with E-state index >= 15 is 0 Å². The summed E-state index contributed by atoms with van der Waals surface area (Å²) in [6.07, 6.45) is 4.66. The smallest absolute Gasteiger partial charge is 0.317 e. The predicted octanol–water partition coefficient (Wildman–Crippen LogP) is 2.55. The molecule has 1 atom stereocenters. The summed E-state index contributed by atoms with van der Waals surface area (Å²) < 4.78 is 15.1. The molecule has 3 amide bonds. The van der Waals surface area contributed by atoms with Gasteiger partial charge in [-0.25, -0.2) is 9.18 Å². The number of hydrogen-bond acceptors (Lipinski definition) is 4. The first kappa shape index (κ1) is 22.4. The minimum absolute atomic E-state index is 0.0161. The number of carbonyl (C=O) groups is 2. The normalized spacial score (nSPS) is 15.5. The molecule has 1 aromatic carbocycles. The Morgan fingerprint density at radius 3 is 2.61 bits per heavy atom. The molecular weight excluding hydrogens is 423 g/mol. The van der Waals surface area contributed by atoms with Gasteiger partial charge < -0.3 is 15.1 Å². The molecule has 1 fully saturated rings. The Hall–Kier alpha value is -3.75. The summed E-state index contributed by atoms with van der Waals surface area (Å²) >= 11 is 0. The van der Waals surface area contributed by atoms with E-state index in [1.54, 1.807) is 53.1 Å². The number of rotatable bonds is 6. The number of pyridine rings is 1. The maximum atomic E-state index is 13.3. The lowest BCUT2D eigenvalue weighted by atomic mass is 10.1. The monoisotopic (exact) mass is 450 g/mol. The number of likely N-dealkylation sites (N-methyl/N-ethyl adjacent to an activating group) is 1. The molecule has 0 saturated carbocycles. The van der Waals surface area contributed by atoms with Crippen molar-refractivity contribution in [2.75, 3.05) is 27.2 Å². The number of carbonyl (C=O) groups excluding carboxylic acids is 2. The summed E-state index contributed by atoms with van der Waals surface area (Å²) in [4.78, 5) is 32.5. The van der Waals surface area contributed by atoms with Crippen LogP contribution >= 0.6 is 0 Å². The van der Waals surface area contributed by atoms with Crippen LogP contribution in [0.5, 0.6) is 0 Å². The lowest BCUT2D eigenvalue weighted by Gasteiger charge is -2.24. The van der Waals surface area contributed by atoms with Gasteiger partial charge in [0.15, 0.2) is 0 Å². The van der Waals surface area contributed by atoms with Gasteiger partial charge in [-0.3, -0.25) is 14.5 Å². The van der Waals surface area contributed by atoms with Crippen molar-refractivity contribution < 1.29 is 14.0 Å². The molecule has 1 aliphatic rings. The first-order valence-electron chi connectivity index (χ1n) is 10.9. The molecule has 172 valence electrons. The van der Waals surface area contributed by atoms with E-state index in [-0.39, 0.29) is 30.3 Å². The molecule has 0 spiro atoms. The Balaban J connectivity index is 1.53. The van der Waals surface area contributed by atoms with E-state index in [4.69, 9.17) is 5.10 Å². The van der Waals surface area contributed by atoms with E-state index < -0.39 is 0 Å². The molecule has 3 aromatic rings. The number of nitrogens with zero attached hydrogens (tertiary/aromatic N) is 5. The molecule has 0 radical (unpaired) electrons. The van der Waals surface area contributed by atoms with Gasteiger partial charge in [-0.05, 0) is 42.3 Å². The molecule has 3 heterocycles. The highest BCUT2D eigenvalue weighted by molar-refractivity contribution is 5.77. The highest BCUT2D eigenvalue weighted by Gasteiger charge is 2.31. The van der Waals surface area contributed by atoms with Crippen LogP contribution in [0.15, 0.2) is 54.9 Å². The number of likely N-dealkylation sites (tertiary alicyclic amines) is 1. The van der Waals surface area contributed by atoms with E-state index in [1.165, 1.54) is 12.1 Å². The molecule has 0 aliphatic carbocycles. The highest BCUT2D eigenvalue weighted by Crippen LogP contribution is 2.22. The van der Waals surface area contributed by atoms with E-state index in [9.17, 15) is 14.0 Å². The fraction of sp³-hybridized carbons (Fsp3) is 0.333. The van der Waals surface area contributed by atoms with Gasteiger partial charge in [0.1, 0.15) is 12.4 Å². The molecule has 2 aromatic heterocycles. The molecule has 1 N–H and O–H groups in total. The molecule has 33 heavy (non-hydrogen) atoms. The van der Waals surface area contributed by atoms with Crippen LogP contribution in [0.25, 0.3) is 11.3 Å². The summed E-state index contributed by atoms with van der Waals surface area (Å²) in [6.45, 7) is 1.18. The van der Waals surface area contributed by atoms with Crippen LogP contribution < -0.4 is 5.32 Å². The summed E-state index contributed by atoms with van der Waals surface area (Å²) in [7, 11) is 3.34. The first-order valence-corrected chi connectivity index (χ1v) is 10.9. The van der Waals surface area contributed by atoms with Crippen molar-refractivity contribution >= 4 is 11.9 Å². The first-order chi connectivity index (χ1) is 15.9. The van der Waals surface area contributed by atoms with Gasteiger partial charge in [-0.15, -0.1) is 0 Å². The highest BCUT2D eigenvalue weighted by atomic mass is 19.1. The van der Waals surface area contributed by atoms with Crippen LogP contribution in [0.4, 0.5) is 9.18 Å². The summed E-state index contributed by atoms with van der Waals surface area (Å²) in [5.41, 5.74) is 3.45.